The van der Waals surface area contributed by atoms with Crippen molar-refractivity contribution in [2.45, 2.75) is 13.1 Å². The van der Waals surface area contributed by atoms with Gasteiger partial charge < -0.3 is 10.3 Å². The molecule has 116 valence electrons. The second-order valence-electron chi connectivity index (χ2n) is 5.13. The summed E-state index contributed by atoms with van der Waals surface area (Å²) < 4.78 is 2.29. The Hall–Kier alpha value is -2.73. The summed E-state index contributed by atoms with van der Waals surface area (Å²) in [5.41, 5.74) is 2.60. The van der Waals surface area contributed by atoms with Gasteiger partial charge in [-0.25, -0.2) is 0 Å². The van der Waals surface area contributed by atoms with E-state index in [2.05, 4.69) is 27.5 Å². The fourth-order valence-corrected chi connectivity index (χ4v) is 2.46. The summed E-state index contributed by atoms with van der Waals surface area (Å²) in [5, 5.41) is 7.17. The van der Waals surface area contributed by atoms with Gasteiger partial charge in [-0.3, -0.25) is 9.48 Å². The number of hydrogen-bond acceptors (Lipinski definition) is 3. The minimum atomic E-state index is -0.192. The number of nitrogens with one attached hydrogen (secondary N) is 2. The number of rotatable bonds is 5. The molecule has 0 fully saturated rings. The van der Waals surface area contributed by atoms with Gasteiger partial charge in [0.1, 0.15) is 4.64 Å². The molecular weight excluding hydrogens is 308 g/mol. The Balaban J connectivity index is 1.60. The first kappa shape index (κ1) is 15.2. The maximum Gasteiger partial charge on any atom is 0.254 e. The van der Waals surface area contributed by atoms with Crippen LogP contribution in [-0.2, 0) is 13.1 Å². The van der Waals surface area contributed by atoms with Crippen LogP contribution in [0.15, 0.2) is 61.1 Å². The lowest BCUT2D eigenvalue weighted by atomic mass is 10.2. The van der Waals surface area contributed by atoms with E-state index >= 15 is 0 Å². The Labute approximate surface area is 139 Å². The maximum absolute atomic E-state index is 12.1. The molecular formula is C17H16N4OS. The molecule has 2 heterocycles. The molecule has 2 N–H and O–H groups in total. The zero-order valence-corrected chi connectivity index (χ0v) is 13.2. The van der Waals surface area contributed by atoms with Crippen molar-refractivity contribution in [1.29, 1.82) is 0 Å². The van der Waals surface area contributed by atoms with E-state index in [4.69, 9.17) is 12.2 Å². The van der Waals surface area contributed by atoms with Gasteiger partial charge >= 0.3 is 0 Å². The number of aromatic amines is 1. The van der Waals surface area contributed by atoms with E-state index < -0.39 is 0 Å². The molecule has 3 rings (SSSR count). The highest BCUT2D eigenvalue weighted by atomic mass is 32.1. The van der Waals surface area contributed by atoms with E-state index in [1.807, 2.05) is 29.1 Å². The fraction of sp³-hybridized carbons (Fsp3) is 0.118. The molecule has 0 saturated heterocycles. The summed E-state index contributed by atoms with van der Waals surface area (Å²) in [6.45, 7) is 1.12. The van der Waals surface area contributed by atoms with Crippen LogP contribution < -0.4 is 5.32 Å². The van der Waals surface area contributed by atoms with Gasteiger partial charge in [0.25, 0.3) is 5.91 Å². The number of aromatic nitrogens is 3. The molecule has 0 saturated carbocycles. The first-order valence-corrected chi connectivity index (χ1v) is 7.64. The number of nitrogens with zero attached hydrogens (tertiary/aromatic N) is 2. The molecule has 0 unspecified atom stereocenters. The third-order valence-corrected chi connectivity index (χ3v) is 3.73. The average Bonchev–Trinajstić information content (AvgIpc) is 3.01. The van der Waals surface area contributed by atoms with Crippen molar-refractivity contribution in [1.82, 2.24) is 20.1 Å². The van der Waals surface area contributed by atoms with Crippen molar-refractivity contribution in [3.05, 3.63) is 82.4 Å². The standard InChI is InChI=1S/C17H16N4OS/c22-16(15-7-4-8-18-17(15)23)19-9-14-10-20-21(12-14)11-13-5-2-1-3-6-13/h1-8,10,12H,9,11H2,(H,18,23)(H,19,22). The molecule has 0 aliphatic carbocycles. The highest BCUT2D eigenvalue weighted by Crippen LogP contribution is 2.05. The highest BCUT2D eigenvalue weighted by Gasteiger charge is 2.07. The Morgan fingerprint density at radius 1 is 1.17 bits per heavy atom. The van der Waals surface area contributed by atoms with Gasteiger partial charge in [0.15, 0.2) is 0 Å². The number of pyridine rings is 1. The van der Waals surface area contributed by atoms with Crippen LogP contribution in [-0.4, -0.2) is 20.7 Å². The molecule has 2 aromatic heterocycles. The van der Waals surface area contributed by atoms with Crippen molar-refractivity contribution >= 4 is 18.1 Å². The average molecular weight is 324 g/mol. The number of H-pyrrole nitrogens is 1. The summed E-state index contributed by atoms with van der Waals surface area (Å²) >= 11 is 5.10. The van der Waals surface area contributed by atoms with Crippen LogP contribution >= 0.6 is 12.2 Å². The van der Waals surface area contributed by atoms with Crippen LogP contribution in [0.1, 0.15) is 21.5 Å². The van der Waals surface area contributed by atoms with E-state index in [0.29, 0.717) is 23.3 Å². The van der Waals surface area contributed by atoms with Crippen molar-refractivity contribution in [2.75, 3.05) is 0 Å². The predicted molar refractivity (Wildman–Crippen MR) is 90.6 cm³/mol. The summed E-state index contributed by atoms with van der Waals surface area (Å²) in [7, 11) is 0. The van der Waals surface area contributed by atoms with E-state index in [1.165, 1.54) is 5.56 Å². The first-order valence-electron chi connectivity index (χ1n) is 7.23. The van der Waals surface area contributed by atoms with Gasteiger partial charge in [0, 0.05) is 24.5 Å². The van der Waals surface area contributed by atoms with Gasteiger partial charge in [-0.15, -0.1) is 0 Å². The molecule has 6 heteroatoms. The van der Waals surface area contributed by atoms with Gasteiger partial charge in [-0.05, 0) is 17.7 Å². The van der Waals surface area contributed by atoms with Gasteiger partial charge in [-0.1, -0.05) is 42.5 Å². The number of hydrogen-bond donors (Lipinski definition) is 2. The summed E-state index contributed by atoms with van der Waals surface area (Å²) in [6, 6.07) is 13.6. The molecule has 0 radical (unpaired) electrons. The van der Waals surface area contributed by atoms with Gasteiger partial charge in [-0.2, -0.15) is 5.10 Å². The van der Waals surface area contributed by atoms with Gasteiger partial charge in [0.2, 0.25) is 0 Å². The molecule has 5 nitrogen and oxygen atoms in total. The number of carbonyl (C=O) groups excluding carboxylic acids is 1. The van der Waals surface area contributed by atoms with Crippen LogP contribution in [0.4, 0.5) is 0 Å². The molecule has 1 aromatic carbocycles. The van der Waals surface area contributed by atoms with Crippen molar-refractivity contribution in [3.63, 3.8) is 0 Å². The van der Waals surface area contributed by atoms with Crippen LogP contribution in [0.5, 0.6) is 0 Å². The van der Waals surface area contributed by atoms with Crippen molar-refractivity contribution in [2.24, 2.45) is 0 Å². The molecule has 0 spiro atoms. The zero-order valence-electron chi connectivity index (χ0n) is 12.4. The van der Waals surface area contributed by atoms with Crippen LogP contribution in [0.2, 0.25) is 0 Å². The topological polar surface area (TPSA) is 62.7 Å². The summed E-state index contributed by atoms with van der Waals surface area (Å²) in [5.74, 6) is -0.192. The van der Waals surface area contributed by atoms with E-state index in [0.717, 1.165) is 5.56 Å². The predicted octanol–water partition coefficient (Wildman–Crippen LogP) is 2.92. The summed E-state index contributed by atoms with van der Waals surface area (Å²) in [4.78, 5) is 15.0. The summed E-state index contributed by atoms with van der Waals surface area (Å²) in [6.07, 6.45) is 5.39. The number of benzene rings is 1. The Kier molecular flexibility index (Phi) is 4.63. The smallest absolute Gasteiger partial charge is 0.254 e. The lowest BCUT2D eigenvalue weighted by Gasteiger charge is -2.03. The second kappa shape index (κ2) is 7.02. The monoisotopic (exact) mass is 324 g/mol. The normalized spacial score (nSPS) is 10.4. The minimum Gasteiger partial charge on any atom is -0.352 e. The Morgan fingerprint density at radius 2 is 2.00 bits per heavy atom. The molecule has 1 amide bonds. The van der Waals surface area contributed by atoms with Crippen molar-refractivity contribution < 1.29 is 4.79 Å². The van der Waals surface area contributed by atoms with E-state index in [1.54, 1.807) is 24.5 Å². The molecule has 0 bridgehead atoms. The maximum atomic E-state index is 12.1. The minimum absolute atomic E-state index is 0.192. The zero-order chi connectivity index (χ0) is 16.1. The number of carbonyl (C=O) groups is 1. The molecule has 0 aliphatic heterocycles. The van der Waals surface area contributed by atoms with Crippen LogP contribution in [0, 0.1) is 4.64 Å². The van der Waals surface area contributed by atoms with Crippen LogP contribution in [0.25, 0.3) is 0 Å². The Bertz CT molecular complexity index is 854. The van der Waals surface area contributed by atoms with Gasteiger partial charge in [0.05, 0.1) is 18.3 Å². The third kappa shape index (κ3) is 3.92. The quantitative estimate of drug-likeness (QED) is 0.709. The molecule has 0 atom stereocenters. The van der Waals surface area contributed by atoms with E-state index in [-0.39, 0.29) is 5.91 Å². The molecule has 23 heavy (non-hydrogen) atoms. The number of amides is 1. The fourth-order valence-electron chi connectivity index (χ4n) is 2.23. The Morgan fingerprint density at radius 3 is 2.78 bits per heavy atom. The third-order valence-electron chi connectivity index (χ3n) is 3.39. The van der Waals surface area contributed by atoms with E-state index in [9.17, 15) is 4.79 Å². The highest BCUT2D eigenvalue weighted by molar-refractivity contribution is 7.71. The van der Waals surface area contributed by atoms with Crippen LogP contribution in [0.3, 0.4) is 0 Å². The molecule has 3 aromatic rings. The van der Waals surface area contributed by atoms with Crippen molar-refractivity contribution in [3.8, 4) is 0 Å². The SMILES string of the molecule is O=C(NCc1cnn(Cc2ccccc2)c1)c1ccc[nH]c1=S. The lowest BCUT2D eigenvalue weighted by Crippen LogP contribution is -2.23. The largest absolute Gasteiger partial charge is 0.352 e. The lowest BCUT2D eigenvalue weighted by molar-refractivity contribution is 0.0950. The first-order chi connectivity index (χ1) is 11.2. The molecule has 0 aliphatic rings. The second-order valence-corrected chi connectivity index (χ2v) is 5.54.